The molecular weight excluding hydrogens is 198 g/mol. The van der Waals surface area contributed by atoms with Crippen molar-refractivity contribution in [1.82, 2.24) is 9.97 Å². The highest BCUT2D eigenvalue weighted by atomic mass is 35.5. The molecule has 3 nitrogen and oxygen atoms in total. The number of halogens is 1. The van der Waals surface area contributed by atoms with Crippen molar-refractivity contribution in [3.63, 3.8) is 0 Å². The number of rotatable bonds is 4. The summed E-state index contributed by atoms with van der Waals surface area (Å²) >= 11 is 5.74. The molecule has 0 aliphatic carbocycles. The van der Waals surface area contributed by atoms with Crippen molar-refractivity contribution >= 4 is 17.4 Å². The fourth-order valence-corrected chi connectivity index (χ4v) is 1.03. The number of nitrogens with one attached hydrogen (secondary N) is 1. The third-order valence-electron chi connectivity index (χ3n) is 2.34. The van der Waals surface area contributed by atoms with E-state index < -0.39 is 0 Å². The Labute approximate surface area is 89.9 Å². The Morgan fingerprint density at radius 2 is 2.14 bits per heavy atom. The van der Waals surface area contributed by atoms with Crippen LogP contribution in [0.4, 0.5) is 5.82 Å². The van der Waals surface area contributed by atoms with Crippen LogP contribution in [0, 0.1) is 5.41 Å². The van der Waals surface area contributed by atoms with Gasteiger partial charge in [-0.2, -0.15) is 0 Å². The molecule has 14 heavy (non-hydrogen) atoms. The molecule has 1 aromatic rings. The number of nitrogens with zero attached hydrogens (tertiary/aromatic N) is 2. The highest BCUT2D eigenvalue weighted by Crippen LogP contribution is 2.20. The Balaban J connectivity index is 2.54. The largest absolute Gasteiger partial charge is 0.369 e. The first-order valence-corrected chi connectivity index (χ1v) is 5.13. The number of aromatic nitrogens is 2. The summed E-state index contributed by atoms with van der Waals surface area (Å²) in [5.74, 6) is 0.784. The van der Waals surface area contributed by atoms with E-state index in [0.29, 0.717) is 5.15 Å². The Bertz CT molecular complexity index is 299. The zero-order valence-corrected chi connectivity index (χ0v) is 9.60. The van der Waals surface area contributed by atoms with E-state index in [-0.39, 0.29) is 5.41 Å². The molecule has 0 fully saturated rings. The van der Waals surface area contributed by atoms with Crippen molar-refractivity contribution in [2.24, 2.45) is 5.41 Å². The topological polar surface area (TPSA) is 37.8 Å². The minimum absolute atomic E-state index is 0.275. The molecule has 1 heterocycles. The van der Waals surface area contributed by atoms with Crippen LogP contribution in [0.25, 0.3) is 0 Å². The average molecular weight is 214 g/mol. The summed E-state index contributed by atoms with van der Waals surface area (Å²) in [6.45, 7) is 7.48. The lowest BCUT2D eigenvalue weighted by molar-refractivity contribution is 0.376. The van der Waals surface area contributed by atoms with Crippen LogP contribution in [0.3, 0.4) is 0 Å². The zero-order chi connectivity index (χ0) is 10.6. The summed E-state index contributed by atoms with van der Waals surface area (Å²) in [6, 6.07) is 1.73. The normalized spacial score (nSPS) is 11.4. The molecular formula is C10H16ClN3. The van der Waals surface area contributed by atoms with Gasteiger partial charge in [-0.05, 0) is 11.8 Å². The molecule has 0 unspecified atom stereocenters. The highest BCUT2D eigenvalue weighted by molar-refractivity contribution is 6.29. The fraction of sp³-hybridized carbons (Fsp3) is 0.600. The molecule has 1 rings (SSSR count). The standard InChI is InChI=1S/C10H16ClN3/c1-4-10(2,3)6-12-9-5-8(11)13-7-14-9/h5,7H,4,6H2,1-3H3,(H,12,13,14). The Kier molecular flexibility index (Phi) is 3.69. The molecule has 0 aromatic carbocycles. The van der Waals surface area contributed by atoms with Crippen LogP contribution in [0.2, 0.25) is 5.15 Å². The highest BCUT2D eigenvalue weighted by Gasteiger charge is 2.14. The lowest BCUT2D eigenvalue weighted by Gasteiger charge is -2.23. The second-order valence-corrected chi connectivity index (χ2v) is 4.48. The van der Waals surface area contributed by atoms with E-state index in [0.717, 1.165) is 18.8 Å². The molecule has 0 saturated carbocycles. The third kappa shape index (κ3) is 3.50. The quantitative estimate of drug-likeness (QED) is 0.782. The molecule has 0 radical (unpaired) electrons. The third-order valence-corrected chi connectivity index (χ3v) is 2.55. The van der Waals surface area contributed by atoms with Crippen LogP contribution in [0.1, 0.15) is 27.2 Å². The molecule has 4 heteroatoms. The van der Waals surface area contributed by atoms with Gasteiger partial charge in [0, 0.05) is 12.6 Å². The van der Waals surface area contributed by atoms with Gasteiger partial charge in [-0.25, -0.2) is 9.97 Å². The predicted octanol–water partition coefficient (Wildman–Crippen LogP) is 2.98. The van der Waals surface area contributed by atoms with Gasteiger partial charge < -0.3 is 5.32 Å². The van der Waals surface area contributed by atoms with Crippen LogP contribution in [-0.2, 0) is 0 Å². The van der Waals surface area contributed by atoms with Gasteiger partial charge >= 0.3 is 0 Å². The van der Waals surface area contributed by atoms with Gasteiger partial charge in [0.15, 0.2) is 0 Å². The van der Waals surface area contributed by atoms with E-state index >= 15 is 0 Å². The van der Waals surface area contributed by atoms with E-state index in [1.165, 1.54) is 6.33 Å². The monoisotopic (exact) mass is 213 g/mol. The summed E-state index contributed by atoms with van der Waals surface area (Å²) in [4.78, 5) is 7.89. The van der Waals surface area contributed by atoms with Crippen LogP contribution in [-0.4, -0.2) is 16.5 Å². The van der Waals surface area contributed by atoms with Gasteiger partial charge in [-0.15, -0.1) is 0 Å². The van der Waals surface area contributed by atoms with Crippen LogP contribution >= 0.6 is 11.6 Å². The van der Waals surface area contributed by atoms with Crippen molar-refractivity contribution in [3.8, 4) is 0 Å². The lowest BCUT2D eigenvalue weighted by Crippen LogP contribution is -2.22. The zero-order valence-electron chi connectivity index (χ0n) is 8.84. The predicted molar refractivity (Wildman–Crippen MR) is 59.6 cm³/mol. The van der Waals surface area contributed by atoms with E-state index in [2.05, 4.69) is 36.1 Å². The first-order valence-electron chi connectivity index (χ1n) is 4.75. The Morgan fingerprint density at radius 3 is 2.71 bits per heavy atom. The summed E-state index contributed by atoms with van der Waals surface area (Å²) in [5.41, 5.74) is 0.275. The molecule has 1 N–H and O–H groups in total. The van der Waals surface area contributed by atoms with Gasteiger partial charge in [-0.1, -0.05) is 32.4 Å². The summed E-state index contributed by atoms with van der Waals surface area (Å²) in [5, 5.41) is 3.71. The van der Waals surface area contributed by atoms with Crippen molar-refractivity contribution in [3.05, 3.63) is 17.5 Å². The smallest absolute Gasteiger partial charge is 0.134 e. The molecule has 0 amide bonds. The van der Waals surface area contributed by atoms with Gasteiger partial charge in [0.1, 0.15) is 17.3 Å². The van der Waals surface area contributed by atoms with E-state index in [9.17, 15) is 0 Å². The van der Waals surface area contributed by atoms with Crippen molar-refractivity contribution < 1.29 is 0 Å². The minimum Gasteiger partial charge on any atom is -0.369 e. The van der Waals surface area contributed by atoms with Crippen molar-refractivity contribution in [2.45, 2.75) is 27.2 Å². The molecule has 1 aromatic heterocycles. The maximum absolute atomic E-state index is 5.74. The second kappa shape index (κ2) is 4.60. The summed E-state index contributed by atoms with van der Waals surface area (Å²) in [7, 11) is 0. The molecule has 0 spiro atoms. The fourth-order valence-electron chi connectivity index (χ4n) is 0.885. The van der Waals surface area contributed by atoms with Gasteiger partial charge in [0.25, 0.3) is 0 Å². The van der Waals surface area contributed by atoms with Crippen LogP contribution in [0.5, 0.6) is 0 Å². The molecule has 0 aliphatic heterocycles. The first kappa shape index (κ1) is 11.2. The minimum atomic E-state index is 0.275. The van der Waals surface area contributed by atoms with Crippen molar-refractivity contribution in [1.29, 1.82) is 0 Å². The number of hydrogen-bond acceptors (Lipinski definition) is 3. The lowest BCUT2D eigenvalue weighted by atomic mass is 9.90. The maximum atomic E-state index is 5.74. The molecule has 78 valence electrons. The van der Waals surface area contributed by atoms with Gasteiger partial charge in [-0.3, -0.25) is 0 Å². The van der Waals surface area contributed by atoms with Crippen LogP contribution in [0.15, 0.2) is 12.4 Å². The van der Waals surface area contributed by atoms with Crippen molar-refractivity contribution in [2.75, 3.05) is 11.9 Å². The van der Waals surface area contributed by atoms with Gasteiger partial charge in [0.2, 0.25) is 0 Å². The van der Waals surface area contributed by atoms with Crippen LogP contribution < -0.4 is 5.32 Å². The van der Waals surface area contributed by atoms with E-state index in [4.69, 9.17) is 11.6 Å². The van der Waals surface area contributed by atoms with E-state index in [1.54, 1.807) is 6.07 Å². The Morgan fingerprint density at radius 1 is 1.43 bits per heavy atom. The summed E-state index contributed by atoms with van der Waals surface area (Å²) < 4.78 is 0. The molecule has 0 atom stereocenters. The molecule has 0 aliphatic rings. The SMILES string of the molecule is CCC(C)(C)CNc1cc(Cl)ncn1. The second-order valence-electron chi connectivity index (χ2n) is 4.10. The molecule has 0 saturated heterocycles. The number of hydrogen-bond donors (Lipinski definition) is 1. The first-order chi connectivity index (χ1) is 6.53. The summed E-state index contributed by atoms with van der Waals surface area (Å²) in [6.07, 6.45) is 2.59. The number of anilines is 1. The average Bonchev–Trinajstić information content (AvgIpc) is 2.15. The van der Waals surface area contributed by atoms with E-state index in [1.807, 2.05) is 0 Å². The Hall–Kier alpha value is -0.830. The maximum Gasteiger partial charge on any atom is 0.134 e. The molecule has 0 bridgehead atoms. The van der Waals surface area contributed by atoms with Gasteiger partial charge in [0.05, 0.1) is 0 Å².